The van der Waals surface area contributed by atoms with Gasteiger partial charge in [0.15, 0.2) is 11.5 Å². The van der Waals surface area contributed by atoms with E-state index in [1.165, 1.54) is 6.20 Å². The highest BCUT2D eigenvalue weighted by molar-refractivity contribution is 6.99. The number of nitrogens with one attached hydrogen (secondary N) is 1. The predicted molar refractivity (Wildman–Crippen MR) is 78.7 cm³/mol. The highest BCUT2D eigenvalue weighted by Crippen LogP contribution is 2.13. The van der Waals surface area contributed by atoms with Crippen LogP contribution in [0.5, 0.6) is 0 Å². The van der Waals surface area contributed by atoms with Gasteiger partial charge >= 0.3 is 0 Å². The van der Waals surface area contributed by atoms with Crippen molar-refractivity contribution in [2.24, 2.45) is 0 Å². The Labute approximate surface area is 125 Å². The molecule has 0 radical (unpaired) electrons. The lowest BCUT2D eigenvalue weighted by atomic mass is 10.3. The molecule has 1 amide bonds. The number of pyridine rings is 1. The minimum Gasteiger partial charge on any atom is -0.319 e. The highest BCUT2D eigenvalue weighted by Gasteiger charge is 2.10. The van der Waals surface area contributed by atoms with Gasteiger partial charge in [-0.25, -0.2) is 9.67 Å². The molecule has 0 fully saturated rings. The number of carbonyl (C=O) groups excluding carboxylic acids is 1. The molecule has 3 rings (SSSR count). The van der Waals surface area contributed by atoms with Gasteiger partial charge in [0.25, 0.3) is 5.91 Å². The maximum absolute atomic E-state index is 11.8. The SMILES string of the molecule is Cc1cc(C)n(-c2ccc(NC(=O)c3cnsn3)cn2)n1. The lowest BCUT2D eigenvalue weighted by molar-refractivity contribution is 0.102. The fraction of sp³-hybridized carbons (Fsp3) is 0.154. The Morgan fingerprint density at radius 2 is 2.14 bits per heavy atom. The number of aromatic nitrogens is 5. The summed E-state index contributed by atoms with van der Waals surface area (Å²) in [6.07, 6.45) is 3.02. The third-order valence-electron chi connectivity index (χ3n) is 2.83. The number of rotatable bonds is 3. The normalized spacial score (nSPS) is 10.6. The van der Waals surface area contributed by atoms with E-state index in [-0.39, 0.29) is 5.91 Å². The Balaban J connectivity index is 1.78. The van der Waals surface area contributed by atoms with Crippen LogP contribution in [0.2, 0.25) is 0 Å². The maximum atomic E-state index is 11.8. The first-order valence-corrected chi connectivity index (χ1v) is 6.95. The van der Waals surface area contributed by atoms with Crippen molar-refractivity contribution in [3.63, 3.8) is 0 Å². The molecule has 0 aliphatic heterocycles. The first-order chi connectivity index (χ1) is 10.1. The van der Waals surface area contributed by atoms with Gasteiger partial charge in [-0.15, -0.1) is 0 Å². The van der Waals surface area contributed by atoms with Crippen LogP contribution in [0.1, 0.15) is 21.9 Å². The number of carbonyl (C=O) groups is 1. The number of anilines is 1. The van der Waals surface area contributed by atoms with Gasteiger partial charge in [-0.05, 0) is 32.0 Å². The van der Waals surface area contributed by atoms with Crippen molar-refractivity contribution in [2.45, 2.75) is 13.8 Å². The quantitative estimate of drug-likeness (QED) is 0.799. The molecule has 0 bridgehead atoms. The summed E-state index contributed by atoms with van der Waals surface area (Å²) < 4.78 is 9.42. The van der Waals surface area contributed by atoms with Crippen molar-refractivity contribution in [1.82, 2.24) is 23.5 Å². The number of hydrogen-bond donors (Lipinski definition) is 1. The second-order valence-electron chi connectivity index (χ2n) is 4.49. The van der Waals surface area contributed by atoms with E-state index in [1.807, 2.05) is 19.9 Å². The second-order valence-corrected chi connectivity index (χ2v) is 5.05. The zero-order valence-electron chi connectivity index (χ0n) is 11.4. The van der Waals surface area contributed by atoms with Crippen LogP contribution in [0.15, 0.2) is 30.6 Å². The third-order valence-corrected chi connectivity index (χ3v) is 3.30. The van der Waals surface area contributed by atoms with E-state index < -0.39 is 0 Å². The molecule has 7 nitrogen and oxygen atoms in total. The summed E-state index contributed by atoms with van der Waals surface area (Å²) in [6, 6.07) is 5.55. The van der Waals surface area contributed by atoms with E-state index in [4.69, 9.17) is 0 Å². The van der Waals surface area contributed by atoms with Gasteiger partial charge < -0.3 is 5.32 Å². The van der Waals surface area contributed by atoms with E-state index in [9.17, 15) is 4.79 Å². The van der Waals surface area contributed by atoms with Gasteiger partial charge in [-0.1, -0.05) is 0 Å². The minimum absolute atomic E-state index is 0.294. The van der Waals surface area contributed by atoms with Crippen molar-refractivity contribution in [2.75, 3.05) is 5.32 Å². The van der Waals surface area contributed by atoms with Gasteiger partial charge in [-0.2, -0.15) is 13.8 Å². The highest BCUT2D eigenvalue weighted by atomic mass is 32.1. The van der Waals surface area contributed by atoms with E-state index in [2.05, 4.69) is 24.1 Å². The molecule has 0 spiro atoms. The Kier molecular flexibility index (Phi) is 3.44. The summed E-state index contributed by atoms with van der Waals surface area (Å²) in [5.74, 6) is 0.401. The summed E-state index contributed by atoms with van der Waals surface area (Å²) >= 11 is 0.994. The lowest BCUT2D eigenvalue weighted by Crippen LogP contribution is -2.12. The van der Waals surface area contributed by atoms with Crippen LogP contribution in [-0.4, -0.2) is 29.4 Å². The number of amides is 1. The Morgan fingerprint density at radius 1 is 1.29 bits per heavy atom. The van der Waals surface area contributed by atoms with Crippen LogP contribution in [0.3, 0.4) is 0 Å². The van der Waals surface area contributed by atoms with Gasteiger partial charge in [0.2, 0.25) is 0 Å². The molecule has 3 heterocycles. The van der Waals surface area contributed by atoms with E-state index in [0.717, 1.165) is 23.1 Å². The standard InChI is InChI=1S/C13H12N6OS/c1-8-5-9(2)19(17-8)12-4-3-10(6-14-12)16-13(20)11-7-15-21-18-11/h3-7H,1-2H3,(H,16,20). The van der Waals surface area contributed by atoms with Crippen LogP contribution in [0.25, 0.3) is 5.82 Å². The molecule has 1 N–H and O–H groups in total. The van der Waals surface area contributed by atoms with Crippen molar-refractivity contribution < 1.29 is 4.79 Å². The molecule has 3 aromatic heterocycles. The smallest absolute Gasteiger partial charge is 0.277 e. The Hall–Kier alpha value is -2.61. The van der Waals surface area contributed by atoms with Gasteiger partial charge in [-0.3, -0.25) is 4.79 Å². The summed E-state index contributed by atoms with van der Waals surface area (Å²) in [7, 11) is 0. The first-order valence-electron chi connectivity index (χ1n) is 6.22. The molecule has 106 valence electrons. The van der Waals surface area contributed by atoms with Gasteiger partial charge in [0.1, 0.15) is 0 Å². The maximum Gasteiger partial charge on any atom is 0.277 e. The largest absolute Gasteiger partial charge is 0.319 e. The molecule has 0 saturated carbocycles. The number of hydrogen-bond acceptors (Lipinski definition) is 6. The van der Waals surface area contributed by atoms with E-state index in [0.29, 0.717) is 17.2 Å². The van der Waals surface area contributed by atoms with Gasteiger partial charge in [0.05, 0.1) is 35.5 Å². The van der Waals surface area contributed by atoms with E-state index >= 15 is 0 Å². The first kappa shape index (κ1) is 13.4. The summed E-state index contributed by atoms with van der Waals surface area (Å²) in [5.41, 5.74) is 2.83. The number of aryl methyl sites for hydroxylation is 2. The molecule has 0 aromatic carbocycles. The predicted octanol–water partition coefficient (Wildman–Crippen LogP) is 1.99. The Bertz CT molecular complexity index is 763. The van der Waals surface area contributed by atoms with Crippen LogP contribution in [-0.2, 0) is 0 Å². The summed E-state index contributed by atoms with van der Waals surface area (Å²) in [5, 5.41) is 7.08. The zero-order chi connectivity index (χ0) is 14.8. The summed E-state index contributed by atoms with van der Waals surface area (Å²) in [4.78, 5) is 16.1. The monoisotopic (exact) mass is 300 g/mol. The average molecular weight is 300 g/mol. The van der Waals surface area contributed by atoms with Crippen LogP contribution >= 0.6 is 11.7 Å². The molecule has 0 aliphatic carbocycles. The molecule has 0 atom stereocenters. The zero-order valence-corrected chi connectivity index (χ0v) is 12.3. The van der Waals surface area contributed by atoms with Crippen LogP contribution in [0, 0.1) is 13.8 Å². The minimum atomic E-state index is -0.301. The molecular weight excluding hydrogens is 288 g/mol. The molecule has 21 heavy (non-hydrogen) atoms. The van der Waals surface area contributed by atoms with Crippen molar-refractivity contribution in [3.05, 3.63) is 47.7 Å². The van der Waals surface area contributed by atoms with Gasteiger partial charge in [0, 0.05) is 5.69 Å². The molecule has 0 aliphatic rings. The summed E-state index contributed by atoms with van der Waals surface area (Å²) in [6.45, 7) is 3.90. The average Bonchev–Trinajstić information content (AvgIpc) is 3.09. The fourth-order valence-corrected chi connectivity index (χ4v) is 2.32. The lowest BCUT2D eigenvalue weighted by Gasteiger charge is -2.05. The van der Waals surface area contributed by atoms with E-state index in [1.54, 1.807) is 23.0 Å². The molecular formula is C13H12N6OS. The topological polar surface area (TPSA) is 85.6 Å². The van der Waals surface area contributed by atoms with Crippen molar-refractivity contribution in [3.8, 4) is 5.82 Å². The molecule has 0 unspecified atom stereocenters. The third kappa shape index (κ3) is 2.79. The van der Waals surface area contributed by atoms with Crippen molar-refractivity contribution >= 4 is 23.3 Å². The molecule has 8 heteroatoms. The number of nitrogens with zero attached hydrogens (tertiary/aromatic N) is 5. The molecule has 3 aromatic rings. The molecule has 0 saturated heterocycles. The fourth-order valence-electron chi connectivity index (χ4n) is 1.91. The Morgan fingerprint density at radius 3 is 2.71 bits per heavy atom. The second kappa shape index (κ2) is 5.41. The van der Waals surface area contributed by atoms with Crippen LogP contribution in [0.4, 0.5) is 5.69 Å². The van der Waals surface area contributed by atoms with Crippen LogP contribution < -0.4 is 5.32 Å². The van der Waals surface area contributed by atoms with Crippen molar-refractivity contribution in [1.29, 1.82) is 0 Å².